The highest BCUT2D eigenvalue weighted by atomic mass is 35.5. The number of likely N-dealkylation sites (tertiary alicyclic amines) is 1. The lowest BCUT2D eigenvalue weighted by atomic mass is 9.56. The van der Waals surface area contributed by atoms with Crippen LogP contribution in [0, 0.1) is 23.0 Å². The van der Waals surface area contributed by atoms with Crippen molar-refractivity contribution in [3.8, 4) is 17.0 Å². The Morgan fingerprint density at radius 1 is 1.16 bits per heavy atom. The van der Waals surface area contributed by atoms with E-state index in [-0.39, 0.29) is 56.9 Å². The number of nitrogens with one attached hydrogen (secondary N) is 2. The maximum atomic E-state index is 14.6. The van der Waals surface area contributed by atoms with Gasteiger partial charge in [0.25, 0.3) is 11.8 Å². The SMILES string of the molecule is COc1ccc(-c2cnc(C(=O)Nc3ccc(C(=O)N4CC5(CC(C(=O)[C@@H]6C[C@@H](O)CN6)C5)C4)c(Cl)c3)n2C)c(F)c1F. The van der Waals surface area contributed by atoms with E-state index in [1.165, 1.54) is 49.2 Å². The number of carbonyl (C=O) groups is 3. The summed E-state index contributed by atoms with van der Waals surface area (Å²) in [6, 6.07) is 6.90. The zero-order valence-corrected chi connectivity index (χ0v) is 24.3. The maximum absolute atomic E-state index is 14.6. The van der Waals surface area contributed by atoms with E-state index in [1.807, 2.05) is 0 Å². The third-order valence-corrected chi connectivity index (χ3v) is 9.06. The third-order valence-electron chi connectivity index (χ3n) is 8.74. The molecule has 3 aromatic rings. The average molecular weight is 614 g/mol. The standard InChI is InChI=1S/C30H30ClF2N5O5/c1-37-22(19-5-6-23(43-2)25(33)24(19)32)12-35-27(37)28(41)36-16-3-4-18(20(31)7-16)29(42)38-13-30(14-38)9-15(10-30)26(40)21-8-17(39)11-34-21/h3-7,12,15,17,21,34,39H,8-11,13-14H2,1-2H3,(H,36,41)/t17-,21+/m1/s1. The van der Waals surface area contributed by atoms with Crippen molar-refractivity contribution >= 4 is 34.9 Å². The first-order valence-corrected chi connectivity index (χ1v) is 14.3. The first-order chi connectivity index (χ1) is 20.5. The number of imidazole rings is 1. The molecule has 43 heavy (non-hydrogen) atoms. The minimum Gasteiger partial charge on any atom is -0.494 e. The Hall–Kier alpha value is -3.87. The van der Waals surface area contributed by atoms with Crippen molar-refractivity contribution in [3.05, 3.63) is 64.6 Å². The predicted octanol–water partition coefficient (Wildman–Crippen LogP) is 3.42. The number of rotatable bonds is 7. The fourth-order valence-corrected chi connectivity index (χ4v) is 6.71. The molecule has 3 N–H and O–H groups in total. The lowest BCUT2D eigenvalue weighted by Crippen LogP contribution is -2.65. The number of ketones is 1. The molecule has 226 valence electrons. The molecular formula is C30H30ClF2N5O5. The Kier molecular flexibility index (Phi) is 7.47. The summed E-state index contributed by atoms with van der Waals surface area (Å²) in [7, 11) is 2.74. The van der Waals surface area contributed by atoms with Gasteiger partial charge in [-0.15, -0.1) is 0 Å². The molecule has 0 bridgehead atoms. The molecule has 0 radical (unpaired) electrons. The molecule has 2 aliphatic heterocycles. The molecular weight excluding hydrogens is 584 g/mol. The number of Topliss-reactive ketones (excluding diaryl/α,β-unsaturated/α-hetero) is 1. The van der Waals surface area contributed by atoms with Gasteiger partial charge in [-0.05, 0) is 49.6 Å². The normalized spacial score (nSPS) is 20.9. The lowest BCUT2D eigenvalue weighted by molar-refractivity contribution is -0.140. The predicted molar refractivity (Wildman–Crippen MR) is 153 cm³/mol. The zero-order chi connectivity index (χ0) is 30.6. The van der Waals surface area contributed by atoms with Crippen molar-refractivity contribution in [2.75, 3.05) is 32.1 Å². The molecule has 2 atom stereocenters. The fraction of sp³-hybridized carbons (Fsp3) is 0.400. The van der Waals surface area contributed by atoms with E-state index in [1.54, 1.807) is 11.0 Å². The number of ether oxygens (including phenoxy) is 1. The van der Waals surface area contributed by atoms with Crippen LogP contribution in [0.25, 0.3) is 11.3 Å². The van der Waals surface area contributed by atoms with Crippen molar-refractivity contribution in [1.29, 1.82) is 0 Å². The van der Waals surface area contributed by atoms with Crippen LogP contribution in [-0.4, -0.2) is 76.0 Å². The first-order valence-electron chi connectivity index (χ1n) is 13.9. The van der Waals surface area contributed by atoms with Gasteiger partial charge in [0.15, 0.2) is 23.2 Å². The van der Waals surface area contributed by atoms with Crippen LogP contribution in [-0.2, 0) is 11.8 Å². The Morgan fingerprint density at radius 3 is 2.56 bits per heavy atom. The van der Waals surface area contributed by atoms with E-state index < -0.39 is 23.6 Å². The maximum Gasteiger partial charge on any atom is 0.291 e. The van der Waals surface area contributed by atoms with Gasteiger partial charge < -0.3 is 29.9 Å². The van der Waals surface area contributed by atoms with Crippen molar-refractivity contribution < 1.29 is 33.0 Å². The molecule has 1 aliphatic carbocycles. The minimum absolute atomic E-state index is 0.0438. The topological polar surface area (TPSA) is 126 Å². The highest BCUT2D eigenvalue weighted by Gasteiger charge is 2.56. The van der Waals surface area contributed by atoms with Crippen molar-refractivity contribution in [1.82, 2.24) is 19.8 Å². The number of hydrogen-bond donors (Lipinski definition) is 3. The summed E-state index contributed by atoms with van der Waals surface area (Å²) >= 11 is 6.44. The molecule has 1 spiro atoms. The molecule has 2 saturated heterocycles. The van der Waals surface area contributed by atoms with Gasteiger partial charge in [0.1, 0.15) is 0 Å². The van der Waals surface area contributed by atoms with Crippen LogP contribution in [0.1, 0.15) is 40.2 Å². The van der Waals surface area contributed by atoms with Crippen LogP contribution in [0.2, 0.25) is 5.02 Å². The molecule has 10 nitrogen and oxygen atoms in total. The van der Waals surface area contributed by atoms with Crippen LogP contribution in [0.5, 0.6) is 5.75 Å². The highest BCUT2D eigenvalue weighted by molar-refractivity contribution is 6.34. The van der Waals surface area contributed by atoms with E-state index in [2.05, 4.69) is 15.6 Å². The van der Waals surface area contributed by atoms with Crippen molar-refractivity contribution in [2.45, 2.75) is 31.4 Å². The molecule has 1 saturated carbocycles. The van der Waals surface area contributed by atoms with E-state index in [0.717, 1.165) is 12.8 Å². The molecule has 6 rings (SSSR count). The van der Waals surface area contributed by atoms with E-state index in [9.17, 15) is 28.3 Å². The molecule has 2 aromatic carbocycles. The number of carbonyl (C=O) groups excluding carboxylic acids is 3. The quantitative estimate of drug-likeness (QED) is 0.373. The molecule has 13 heteroatoms. The van der Waals surface area contributed by atoms with Gasteiger partial charge in [-0.1, -0.05) is 11.6 Å². The van der Waals surface area contributed by atoms with Gasteiger partial charge in [-0.3, -0.25) is 14.4 Å². The van der Waals surface area contributed by atoms with Gasteiger partial charge in [-0.25, -0.2) is 9.37 Å². The van der Waals surface area contributed by atoms with E-state index >= 15 is 0 Å². The summed E-state index contributed by atoms with van der Waals surface area (Å²) in [6.45, 7) is 1.54. The molecule has 2 amide bonds. The lowest BCUT2D eigenvalue weighted by Gasteiger charge is -2.59. The van der Waals surface area contributed by atoms with Gasteiger partial charge >= 0.3 is 0 Å². The second-order valence-corrected chi connectivity index (χ2v) is 12.0. The largest absolute Gasteiger partial charge is 0.494 e. The van der Waals surface area contributed by atoms with E-state index in [4.69, 9.17) is 16.3 Å². The Bertz CT molecular complexity index is 1630. The van der Waals surface area contributed by atoms with Gasteiger partial charge in [-0.2, -0.15) is 4.39 Å². The van der Waals surface area contributed by atoms with Crippen LogP contribution in [0.15, 0.2) is 36.5 Å². The van der Waals surface area contributed by atoms with Gasteiger partial charge in [0.05, 0.1) is 41.7 Å². The number of β-amino-alcohol motifs (C(OH)–C–C–N with tert-alkyl or cyclic N) is 1. The number of anilines is 1. The summed E-state index contributed by atoms with van der Waals surface area (Å²) in [5, 5.41) is 15.6. The van der Waals surface area contributed by atoms with Gasteiger partial charge in [0, 0.05) is 49.3 Å². The molecule has 3 fully saturated rings. The number of benzene rings is 2. The minimum atomic E-state index is -1.14. The summed E-state index contributed by atoms with van der Waals surface area (Å²) in [6.07, 6.45) is 2.71. The number of halogens is 3. The second-order valence-electron chi connectivity index (χ2n) is 11.6. The second kappa shape index (κ2) is 11.0. The van der Waals surface area contributed by atoms with Crippen LogP contribution >= 0.6 is 11.6 Å². The summed E-state index contributed by atoms with van der Waals surface area (Å²) in [5.74, 6) is -3.29. The van der Waals surface area contributed by atoms with E-state index in [0.29, 0.717) is 37.3 Å². The van der Waals surface area contributed by atoms with Crippen molar-refractivity contribution in [3.63, 3.8) is 0 Å². The van der Waals surface area contributed by atoms with Crippen LogP contribution in [0.4, 0.5) is 14.5 Å². The molecule has 0 unspecified atom stereocenters. The zero-order valence-electron chi connectivity index (χ0n) is 23.5. The molecule has 3 aliphatic rings. The molecule has 1 aromatic heterocycles. The smallest absolute Gasteiger partial charge is 0.291 e. The molecule has 3 heterocycles. The number of nitrogens with zero attached hydrogens (tertiary/aromatic N) is 3. The Labute approximate surface area is 251 Å². The highest BCUT2D eigenvalue weighted by Crippen LogP contribution is 2.53. The van der Waals surface area contributed by atoms with Crippen molar-refractivity contribution in [2.24, 2.45) is 18.4 Å². The number of hydrogen-bond acceptors (Lipinski definition) is 7. The first kappa shape index (κ1) is 29.2. The Morgan fingerprint density at radius 2 is 1.91 bits per heavy atom. The summed E-state index contributed by atoms with van der Waals surface area (Å²) in [5.41, 5.74) is 0.674. The fourth-order valence-electron chi connectivity index (χ4n) is 6.45. The monoisotopic (exact) mass is 613 g/mol. The van der Waals surface area contributed by atoms with Gasteiger partial charge in [0.2, 0.25) is 5.82 Å². The number of aliphatic hydroxyl groups excluding tert-OH is 1. The third kappa shape index (κ3) is 5.17. The average Bonchev–Trinajstić information content (AvgIpc) is 3.54. The number of amides is 2. The number of methoxy groups -OCH3 is 1. The summed E-state index contributed by atoms with van der Waals surface area (Å²) < 4.78 is 35.0. The Balaban J connectivity index is 1.06. The summed E-state index contributed by atoms with van der Waals surface area (Å²) in [4.78, 5) is 44.6. The number of aliphatic hydroxyl groups is 1. The van der Waals surface area contributed by atoms with Crippen LogP contribution in [0.3, 0.4) is 0 Å². The van der Waals surface area contributed by atoms with Crippen LogP contribution < -0.4 is 15.4 Å². The number of aromatic nitrogens is 2.